The van der Waals surface area contributed by atoms with Crippen molar-refractivity contribution >= 4 is 5.97 Å². The van der Waals surface area contributed by atoms with E-state index in [0.29, 0.717) is 19.3 Å². The lowest BCUT2D eigenvalue weighted by molar-refractivity contribution is -0.492. The van der Waals surface area contributed by atoms with Gasteiger partial charge in [0.2, 0.25) is 0 Å². The normalized spacial score (nSPS) is 10.5. The first-order valence-electron chi connectivity index (χ1n) is 4.04. The summed E-state index contributed by atoms with van der Waals surface area (Å²) in [6.07, 6.45) is 2.54. The number of nitrogens with zero attached hydrogens (tertiary/aromatic N) is 1. The van der Waals surface area contributed by atoms with Gasteiger partial charge in [0.15, 0.2) is 0 Å². The predicted molar refractivity (Wildman–Crippen MR) is 41.8 cm³/mol. The SMILES string of the molecule is COC(=O)CCCCCON(O)O. The average Bonchev–Trinajstić information content (AvgIpc) is 2.10. The smallest absolute Gasteiger partial charge is 0.305 e. The molecule has 78 valence electrons. The van der Waals surface area contributed by atoms with Gasteiger partial charge in [-0.2, -0.15) is 0 Å². The first kappa shape index (κ1) is 12.3. The summed E-state index contributed by atoms with van der Waals surface area (Å²) >= 11 is 0. The zero-order valence-corrected chi connectivity index (χ0v) is 7.60. The molecule has 0 fully saturated rings. The summed E-state index contributed by atoms with van der Waals surface area (Å²) in [6.45, 7) is 0.216. The fourth-order valence-corrected chi connectivity index (χ4v) is 0.796. The van der Waals surface area contributed by atoms with Crippen LogP contribution < -0.4 is 0 Å². The van der Waals surface area contributed by atoms with Gasteiger partial charge in [0.25, 0.3) is 0 Å². The third-order valence-electron chi connectivity index (χ3n) is 1.46. The topological polar surface area (TPSA) is 79.2 Å². The molecule has 0 bridgehead atoms. The van der Waals surface area contributed by atoms with E-state index in [4.69, 9.17) is 10.4 Å². The molecule has 0 aliphatic heterocycles. The molecular weight excluding hydrogens is 178 g/mol. The molecule has 0 atom stereocenters. The summed E-state index contributed by atoms with van der Waals surface area (Å²) in [5.41, 5.74) is 0. The molecule has 0 radical (unpaired) electrons. The van der Waals surface area contributed by atoms with E-state index in [2.05, 4.69) is 9.57 Å². The highest BCUT2D eigenvalue weighted by Crippen LogP contribution is 2.01. The third-order valence-corrected chi connectivity index (χ3v) is 1.46. The molecule has 0 aromatic rings. The van der Waals surface area contributed by atoms with Gasteiger partial charge in [-0.3, -0.25) is 20.0 Å². The summed E-state index contributed by atoms with van der Waals surface area (Å²) in [6, 6.07) is 0. The van der Waals surface area contributed by atoms with Crippen LogP contribution in [0.4, 0.5) is 0 Å². The second-order valence-electron chi connectivity index (χ2n) is 2.47. The Morgan fingerprint density at radius 2 is 2.00 bits per heavy atom. The van der Waals surface area contributed by atoms with Crippen molar-refractivity contribution in [3.63, 3.8) is 0 Å². The number of rotatable bonds is 7. The van der Waals surface area contributed by atoms with E-state index >= 15 is 0 Å². The van der Waals surface area contributed by atoms with Crippen molar-refractivity contribution in [2.45, 2.75) is 25.7 Å². The van der Waals surface area contributed by atoms with Crippen molar-refractivity contribution in [1.82, 2.24) is 5.39 Å². The molecule has 6 nitrogen and oxygen atoms in total. The molecule has 0 heterocycles. The standard InChI is InChI=1S/C7H15NO5/c1-12-7(9)5-3-2-4-6-13-8(10)11/h10-11H,2-6H2,1H3. The number of carbonyl (C=O) groups is 1. The maximum absolute atomic E-state index is 10.6. The van der Waals surface area contributed by atoms with Gasteiger partial charge in [0.1, 0.15) is 0 Å². The number of carbonyl (C=O) groups excluding carboxylic acids is 1. The molecule has 0 amide bonds. The highest BCUT2D eigenvalue weighted by Gasteiger charge is 1.99. The predicted octanol–water partition coefficient (Wildman–Crippen LogP) is 0.732. The molecule has 0 aromatic heterocycles. The Bertz CT molecular complexity index is 139. The zero-order valence-electron chi connectivity index (χ0n) is 7.60. The van der Waals surface area contributed by atoms with Gasteiger partial charge in [-0.25, -0.2) is 0 Å². The van der Waals surface area contributed by atoms with Crippen LogP contribution in [0.3, 0.4) is 0 Å². The van der Waals surface area contributed by atoms with Crippen LogP contribution in [0.15, 0.2) is 0 Å². The number of ether oxygens (including phenoxy) is 1. The lowest BCUT2D eigenvalue weighted by Gasteiger charge is -2.05. The van der Waals surface area contributed by atoms with E-state index in [1.807, 2.05) is 0 Å². The second kappa shape index (κ2) is 7.93. The maximum atomic E-state index is 10.6. The number of hydrogen-bond donors (Lipinski definition) is 2. The summed E-state index contributed by atoms with van der Waals surface area (Å²) in [5.74, 6) is -0.230. The summed E-state index contributed by atoms with van der Waals surface area (Å²) in [7, 11) is 1.35. The molecule has 13 heavy (non-hydrogen) atoms. The van der Waals surface area contributed by atoms with Crippen LogP contribution >= 0.6 is 0 Å². The van der Waals surface area contributed by atoms with Crippen LogP contribution in [0.1, 0.15) is 25.7 Å². The second-order valence-corrected chi connectivity index (χ2v) is 2.47. The van der Waals surface area contributed by atoms with Crippen molar-refractivity contribution in [3.05, 3.63) is 0 Å². The Kier molecular flexibility index (Phi) is 7.51. The van der Waals surface area contributed by atoms with E-state index < -0.39 is 0 Å². The van der Waals surface area contributed by atoms with Crippen LogP contribution in [0.25, 0.3) is 0 Å². The van der Waals surface area contributed by atoms with Gasteiger partial charge in [-0.15, -0.1) is 0 Å². The van der Waals surface area contributed by atoms with Gasteiger partial charge in [-0.05, 0) is 12.8 Å². The van der Waals surface area contributed by atoms with Crippen LogP contribution in [0.5, 0.6) is 0 Å². The minimum absolute atomic E-state index is 0.216. The number of esters is 1. The Morgan fingerprint density at radius 3 is 2.54 bits per heavy atom. The van der Waals surface area contributed by atoms with Gasteiger partial charge in [0, 0.05) is 6.42 Å². The van der Waals surface area contributed by atoms with E-state index in [1.54, 1.807) is 0 Å². The first-order valence-corrected chi connectivity index (χ1v) is 4.04. The lowest BCUT2D eigenvalue weighted by atomic mass is 10.2. The molecule has 0 aliphatic rings. The van der Waals surface area contributed by atoms with Crippen molar-refractivity contribution in [3.8, 4) is 0 Å². The number of hydrogen-bond acceptors (Lipinski definition) is 6. The maximum Gasteiger partial charge on any atom is 0.305 e. The Hall–Kier alpha value is -0.690. The van der Waals surface area contributed by atoms with Crippen molar-refractivity contribution in [1.29, 1.82) is 0 Å². The zero-order chi connectivity index (χ0) is 10.1. The number of methoxy groups -OCH3 is 1. The van der Waals surface area contributed by atoms with E-state index in [1.165, 1.54) is 7.11 Å². The lowest BCUT2D eigenvalue weighted by Crippen LogP contribution is -2.14. The minimum Gasteiger partial charge on any atom is -0.469 e. The highest BCUT2D eigenvalue weighted by molar-refractivity contribution is 5.68. The molecule has 0 spiro atoms. The number of unbranched alkanes of at least 4 members (excludes halogenated alkanes) is 2. The van der Waals surface area contributed by atoms with Gasteiger partial charge < -0.3 is 4.74 Å². The largest absolute Gasteiger partial charge is 0.469 e. The third kappa shape index (κ3) is 9.22. The summed E-state index contributed by atoms with van der Waals surface area (Å²) in [5, 5.41) is 15.9. The van der Waals surface area contributed by atoms with Crippen LogP contribution in [0, 0.1) is 0 Å². The highest BCUT2D eigenvalue weighted by atomic mass is 17.1. The van der Waals surface area contributed by atoms with E-state index in [0.717, 1.165) is 6.42 Å². The Morgan fingerprint density at radius 1 is 1.31 bits per heavy atom. The molecule has 2 N–H and O–H groups in total. The Balaban J connectivity index is 3.04. The van der Waals surface area contributed by atoms with Crippen LogP contribution in [-0.4, -0.2) is 35.5 Å². The molecule has 0 saturated carbocycles. The average molecular weight is 193 g/mol. The van der Waals surface area contributed by atoms with Crippen molar-refractivity contribution in [2.24, 2.45) is 0 Å². The van der Waals surface area contributed by atoms with Crippen molar-refractivity contribution < 1.29 is 24.8 Å². The quantitative estimate of drug-likeness (QED) is 0.352. The molecule has 0 saturated heterocycles. The molecule has 0 unspecified atom stereocenters. The van der Waals surface area contributed by atoms with Gasteiger partial charge >= 0.3 is 5.97 Å². The van der Waals surface area contributed by atoms with Crippen LogP contribution in [0.2, 0.25) is 0 Å². The van der Waals surface area contributed by atoms with Crippen molar-refractivity contribution in [2.75, 3.05) is 13.7 Å². The van der Waals surface area contributed by atoms with E-state index in [9.17, 15) is 4.79 Å². The summed E-state index contributed by atoms with van der Waals surface area (Å²) in [4.78, 5) is 14.9. The van der Waals surface area contributed by atoms with Gasteiger partial charge in [0.05, 0.1) is 19.1 Å². The Labute approximate surface area is 76.5 Å². The fraction of sp³-hybridized carbons (Fsp3) is 0.857. The van der Waals surface area contributed by atoms with Gasteiger partial charge in [-0.1, -0.05) is 6.42 Å². The molecule has 6 heteroatoms. The monoisotopic (exact) mass is 193 g/mol. The van der Waals surface area contributed by atoms with Crippen LogP contribution in [-0.2, 0) is 14.4 Å². The molecule has 0 rings (SSSR count). The molecular formula is C7H15NO5. The fourth-order valence-electron chi connectivity index (χ4n) is 0.796. The van der Waals surface area contributed by atoms with E-state index in [-0.39, 0.29) is 18.0 Å². The molecule has 0 aliphatic carbocycles. The first-order chi connectivity index (χ1) is 6.16. The minimum atomic E-state index is -0.319. The molecule has 0 aromatic carbocycles. The summed E-state index contributed by atoms with van der Waals surface area (Å²) < 4.78 is 4.44.